The monoisotopic (exact) mass is 734 g/mol. The Balaban J connectivity index is 0.000000138. The van der Waals surface area contributed by atoms with Gasteiger partial charge in [0.15, 0.2) is 46.8 Å². The number of ether oxygens (including phenoxy) is 2. The highest BCUT2D eigenvalue weighted by atomic mass is 19.1. The molecule has 4 fully saturated rings. The van der Waals surface area contributed by atoms with E-state index in [4.69, 9.17) is 10.8 Å². The third-order valence-corrected chi connectivity index (χ3v) is 13.4. The SMILES string of the molecule is C=CCCNC.C=CCN1CC[C@]23c4c5ccc(O)c4O[C@H]2C(=O)CC[C@@]3(O)[C@H]1C5.O=C1CC[C@@]2(O)[C@H]3Cc4ccc(O)c5c4[C@@]2(CCN3)[C@H]1O5.[2H]CF. The average Bonchev–Trinajstić information content (AvgIpc) is 3.70. The Hall–Kier alpha value is -3.81. The number of benzene rings is 2. The molecule has 2 spiro atoms. The number of nitrogens with zero attached hydrogens (tertiary/aromatic N) is 1. The number of hydrogen-bond donors (Lipinski definition) is 6. The fourth-order valence-electron chi connectivity index (χ4n) is 11.3. The number of aliphatic hydroxyl groups is 2. The van der Waals surface area contributed by atoms with Crippen LogP contribution in [0.15, 0.2) is 49.6 Å². The molecule has 8 atom stereocenters. The molecule has 10 rings (SSSR count). The number of carbonyl (C=O) groups is 2. The number of alkyl halides is 1. The predicted molar refractivity (Wildman–Crippen MR) is 197 cm³/mol. The maximum Gasteiger partial charge on any atom is 0.174 e. The maximum atomic E-state index is 12.6. The van der Waals surface area contributed by atoms with E-state index >= 15 is 0 Å². The van der Waals surface area contributed by atoms with Crippen LogP contribution < -0.4 is 20.1 Å². The van der Waals surface area contributed by atoms with Crippen LogP contribution >= 0.6 is 0 Å². The molecule has 4 heterocycles. The van der Waals surface area contributed by atoms with Gasteiger partial charge in [0.25, 0.3) is 0 Å². The lowest BCUT2D eigenvalue weighted by Gasteiger charge is -2.62. The fraction of sp³-hybridized carbons (Fsp3) is 0.561. The van der Waals surface area contributed by atoms with Crippen LogP contribution in [-0.2, 0) is 33.3 Å². The first-order valence-electron chi connectivity index (χ1n) is 19.4. The molecule has 4 aliphatic heterocycles. The number of carbonyl (C=O) groups excluding carboxylic acids is 2. The second-order valence-electron chi connectivity index (χ2n) is 15.5. The number of Topliss-reactive ketones (excluding diaryl/α,β-unsaturated/α-hetero) is 2. The van der Waals surface area contributed by atoms with Crippen molar-refractivity contribution in [2.45, 2.75) is 104 Å². The van der Waals surface area contributed by atoms with Crippen LogP contribution in [0.3, 0.4) is 0 Å². The molecule has 2 saturated carbocycles. The zero-order chi connectivity index (χ0) is 38.6. The Morgan fingerprint density at radius 2 is 1.49 bits per heavy atom. The molecule has 53 heavy (non-hydrogen) atoms. The Morgan fingerprint density at radius 3 is 2.04 bits per heavy atom. The lowest BCUT2D eigenvalue weighted by Crippen LogP contribution is -2.76. The van der Waals surface area contributed by atoms with Crippen LogP contribution in [0.2, 0.25) is 0 Å². The number of phenols is 2. The summed E-state index contributed by atoms with van der Waals surface area (Å²) in [5.41, 5.74) is 0.588. The molecule has 4 aliphatic carbocycles. The van der Waals surface area contributed by atoms with Gasteiger partial charge in [-0.25, -0.2) is 0 Å². The first-order valence-corrected chi connectivity index (χ1v) is 18.7. The van der Waals surface area contributed by atoms with Crippen molar-refractivity contribution in [1.29, 1.82) is 0 Å². The molecule has 8 aliphatic rings. The molecule has 2 aromatic rings. The summed E-state index contributed by atoms with van der Waals surface area (Å²) < 4.78 is 27.4. The first-order chi connectivity index (χ1) is 25.9. The lowest BCUT2D eigenvalue weighted by molar-refractivity contribution is -0.187. The summed E-state index contributed by atoms with van der Waals surface area (Å²) in [4.78, 5) is 27.3. The van der Waals surface area contributed by atoms with Crippen LogP contribution in [0.5, 0.6) is 23.0 Å². The number of halogens is 1. The van der Waals surface area contributed by atoms with Crippen molar-refractivity contribution in [2.75, 3.05) is 40.4 Å². The standard InChI is InChI=1S/C19H21NO4.C16H17NO4.C5H11N.CH3F/c1-2-8-20-9-7-18-15-11-3-4-12(21)16(15)24-17(18)13(22)5-6-19(18,23)14(20)10-11;18-9-2-1-8-7-11-16(20)4-3-10(19)14-15(16,5-6-17-11)12(8)13(9)21-14;1-3-4-5-6-2;1-2/h2-4,14,17,21,23H,1,5-10H2;1-2,11,14,17-18,20H,3-7H2;3,6H,1,4-5H2,2H3;1H3/t14-,17+,18+,19-;11-,14+,15+,16-;;/m11../s1/i;;;1D. The third kappa shape index (κ3) is 5.01. The van der Waals surface area contributed by atoms with Crippen molar-refractivity contribution in [2.24, 2.45) is 0 Å². The molecule has 2 aromatic carbocycles. The molecular weight excluding hydrogens is 681 g/mol. The van der Waals surface area contributed by atoms with Crippen molar-refractivity contribution >= 4 is 11.6 Å². The van der Waals surface area contributed by atoms with Gasteiger partial charge in [-0.05, 0) is 88.3 Å². The second-order valence-corrected chi connectivity index (χ2v) is 15.5. The Bertz CT molecular complexity index is 1850. The molecule has 12 heteroatoms. The van der Waals surface area contributed by atoms with E-state index in [0.29, 0.717) is 62.9 Å². The van der Waals surface area contributed by atoms with Gasteiger partial charge in [-0.1, -0.05) is 24.3 Å². The number of hydrogen-bond acceptors (Lipinski definition) is 11. The first kappa shape index (κ1) is 36.2. The van der Waals surface area contributed by atoms with Crippen molar-refractivity contribution in [3.8, 4) is 23.0 Å². The molecule has 6 N–H and O–H groups in total. The van der Waals surface area contributed by atoms with E-state index in [1.54, 1.807) is 12.1 Å². The molecule has 0 aromatic heterocycles. The lowest BCUT2D eigenvalue weighted by atomic mass is 9.49. The van der Waals surface area contributed by atoms with E-state index in [1.165, 1.54) is 0 Å². The van der Waals surface area contributed by atoms with Crippen molar-refractivity contribution in [3.63, 3.8) is 0 Å². The van der Waals surface area contributed by atoms with Gasteiger partial charge in [-0.3, -0.25) is 18.9 Å². The van der Waals surface area contributed by atoms with E-state index in [1.807, 2.05) is 31.3 Å². The van der Waals surface area contributed by atoms with Crippen LogP contribution in [0.1, 0.15) is 68.6 Å². The zero-order valence-corrected chi connectivity index (χ0v) is 30.3. The van der Waals surface area contributed by atoms with Gasteiger partial charge < -0.3 is 40.5 Å². The van der Waals surface area contributed by atoms with Gasteiger partial charge in [0.2, 0.25) is 0 Å². The minimum Gasteiger partial charge on any atom is -0.504 e. The Labute approximate surface area is 311 Å². The van der Waals surface area contributed by atoms with Gasteiger partial charge >= 0.3 is 0 Å². The zero-order valence-electron chi connectivity index (χ0n) is 31.3. The molecule has 0 unspecified atom stereocenters. The summed E-state index contributed by atoms with van der Waals surface area (Å²) in [6.45, 7) is 10.7. The number of rotatable bonds is 5. The average molecular weight is 735 g/mol. The van der Waals surface area contributed by atoms with Crippen LogP contribution in [-0.4, -0.2) is 113 Å². The van der Waals surface area contributed by atoms with E-state index in [2.05, 4.69) is 28.7 Å². The number of nitrogens with one attached hydrogen (secondary N) is 2. The summed E-state index contributed by atoms with van der Waals surface area (Å²) >= 11 is 0. The number of ketones is 2. The highest BCUT2D eigenvalue weighted by molar-refractivity contribution is 5.91. The van der Waals surface area contributed by atoms with Crippen molar-refractivity contribution in [3.05, 3.63) is 71.8 Å². The molecule has 2 saturated heterocycles. The highest BCUT2D eigenvalue weighted by Gasteiger charge is 2.74. The Morgan fingerprint density at radius 1 is 0.925 bits per heavy atom. The normalized spacial score (nSPS) is 35.9. The molecule has 11 nitrogen and oxygen atoms in total. The molecule has 0 amide bonds. The summed E-state index contributed by atoms with van der Waals surface area (Å²) in [7, 11) is 0.934. The van der Waals surface area contributed by atoms with E-state index in [9.17, 15) is 34.4 Å². The Kier molecular flexibility index (Phi) is 9.42. The van der Waals surface area contributed by atoms with Gasteiger partial charge in [0.1, 0.15) is 0 Å². The fourth-order valence-corrected chi connectivity index (χ4v) is 11.3. The van der Waals surface area contributed by atoms with E-state index in [-0.39, 0.29) is 35.1 Å². The van der Waals surface area contributed by atoms with E-state index < -0.39 is 41.4 Å². The summed E-state index contributed by atoms with van der Waals surface area (Å²) in [6.07, 6.45) is 7.85. The molecule has 286 valence electrons. The maximum absolute atomic E-state index is 12.6. The molecule has 0 radical (unpaired) electrons. The molecule has 4 bridgehead atoms. The number of phenolic OH excluding ortho intramolecular Hbond substituents is 2. The van der Waals surface area contributed by atoms with Crippen molar-refractivity contribution < 1.29 is 45.3 Å². The second kappa shape index (κ2) is 13.8. The smallest absolute Gasteiger partial charge is 0.174 e. The summed E-state index contributed by atoms with van der Waals surface area (Å²) in [5, 5.41) is 50.1. The van der Waals surface area contributed by atoms with Gasteiger partial charge in [-0.15, -0.1) is 13.2 Å². The van der Waals surface area contributed by atoms with Crippen LogP contribution in [0.25, 0.3) is 0 Å². The van der Waals surface area contributed by atoms with Crippen LogP contribution in [0, 0.1) is 0 Å². The van der Waals surface area contributed by atoms with Crippen molar-refractivity contribution in [1.82, 2.24) is 15.5 Å². The minimum atomic E-state index is -1.00. The van der Waals surface area contributed by atoms with Gasteiger partial charge in [0.05, 0.1) is 30.6 Å². The van der Waals surface area contributed by atoms with Gasteiger partial charge in [0, 0.05) is 49.1 Å². The van der Waals surface area contributed by atoms with Gasteiger partial charge in [-0.2, -0.15) is 0 Å². The summed E-state index contributed by atoms with van der Waals surface area (Å²) in [5.74, 6) is 1.07. The predicted octanol–water partition coefficient (Wildman–Crippen LogP) is 3.07. The van der Waals surface area contributed by atoms with Crippen LogP contribution in [0.4, 0.5) is 4.39 Å². The number of piperidine rings is 2. The summed E-state index contributed by atoms with van der Waals surface area (Å²) in [6, 6.07) is 7.00. The number of likely N-dealkylation sites (tertiary alicyclic amines) is 1. The minimum absolute atomic E-state index is 0.0408. The number of aromatic hydroxyl groups is 2. The van der Waals surface area contributed by atoms with E-state index in [0.717, 1.165) is 54.9 Å². The topological polar surface area (TPSA) is 161 Å². The quantitative estimate of drug-likeness (QED) is 0.198. The third-order valence-electron chi connectivity index (χ3n) is 13.4. The molecular formula is C41H52FN3O8. The largest absolute Gasteiger partial charge is 0.504 e. The highest BCUT2D eigenvalue weighted by Crippen LogP contribution is 2.65.